The molecule has 1 amide bonds. The van der Waals surface area contributed by atoms with E-state index in [0.29, 0.717) is 12.1 Å². The van der Waals surface area contributed by atoms with Gasteiger partial charge in [0.1, 0.15) is 11.5 Å². The van der Waals surface area contributed by atoms with Crippen LogP contribution in [0.3, 0.4) is 0 Å². The maximum absolute atomic E-state index is 12.1. The number of aromatic nitrogens is 1. The molecular formula is C18H23N3O3. The molecule has 24 heavy (non-hydrogen) atoms. The molecule has 3 rings (SSSR count). The number of benzene rings is 1. The number of aryl methyl sites for hydroxylation is 1. The van der Waals surface area contributed by atoms with Gasteiger partial charge >= 0.3 is 0 Å². The van der Waals surface area contributed by atoms with Crippen molar-refractivity contribution in [2.24, 2.45) is 0 Å². The molecule has 6 heteroatoms. The van der Waals surface area contributed by atoms with Gasteiger partial charge in [-0.2, -0.15) is 0 Å². The molecule has 1 aliphatic carbocycles. The lowest BCUT2D eigenvalue weighted by atomic mass is 9.96. The van der Waals surface area contributed by atoms with Crippen LogP contribution in [-0.4, -0.2) is 29.3 Å². The Morgan fingerprint density at radius 1 is 1.33 bits per heavy atom. The summed E-state index contributed by atoms with van der Waals surface area (Å²) in [7, 11) is 0. The quantitative estimate of drug-likeness (QED) is 0.756. The summed E-state index contributed by atoms with van der Waals surface area (Å²) in [5.74, 6) is 0.843. The van der Waals surface area contributed by atoms with Crippen LogP contribution in [0.4, 0.5) is 5.69 Å². The molecule has 2 aromatic rings. The van der Waals surface area contributed by atoms with E-state index >= 15 is 0 Å². The minimum Gasteiger partial charge on any atom is -0.395 e. The third kappa shape index (κ3) is 3.43. The van der Waals surface area contributed by atoms with Crippen molar-refractivity contribution in [3.63, 3.8) is 0 Å². The average molecular weight is 329 g/mol. The number of carbonyl (C=O) groups is 1. The number of rotatable bonds is 6. The van der Waals surface area contributed by atoms with Crippen LogP contribution >= 0.6 is 0 Å². The number of nitrogens with zero attached hydrogens (tertiary/aromatic N) is 1. The van der Waals surface area contributed by atoms with Gasteiger partial charge < -0.3 is 20.3 Å². The number of fused-ring (bicyclic) bond motifs is 1. The maximum Gasteiger partial charge on any atom is 0.251 e. The van der Waals surface area contributed by atoms with Gasteiger partial charge in [0.25, 0.3) is 5.91 Å². The van der Waals surface area contributed by atoms with E-state index in [1.807, 2.05) is 19.1 Å². The van der Waals surface area contributed by atoms with Crippen molar-refractivity contribution in [3.8, 4) is 0 Å². The largest absolute Gasteiger partial charge is 0.395 e. The van der Waals surface area contributed by atoms with Crippen LogP contribution in [0.15, 0.2) is 22.7 Å². The summed E-state index contributed by atoms with van der Waals surface area (Å²) in [5.41, 5.74) is 4.59. The van der Waals surface area contributed by atoms with Crippen molar-refractivity contribution in [3.05, 3.63) is 46.3 Å². The lowest BCUT2D eigenvalue weighted by molar-refractivity contribution is 0.0944. The monoisotopic (exact) mass is 329 g/mol. The second-order valence-corrected chi connectivity index (χ2v) is 6.05. The molecule has 0 unspecified atom stereocenters. The molecule has 1 aromatic heterocycles. The Balaban J connectivity index is 1.71. The molecule has 3 N–H and O–H groups in total. The standard InChI is InChI=1S/C18H23N3O3/c1-12-13(18(23)19-9-10-22)6-4-7-15(12)20-11-16-14-5-2-3-8-17(14)24-21-16/h4,6-7,20,22H,2-3,5,8-11H2,1H3,(H,19,23). The highest BCUT2D eigenvalue weighted by atomic mass is 16.5. The van der Waals surface area contributed by atoms with Gasteiger partial charge in [-0.05, 0) is 43.9 Å². The molecule has 0 atom stereocenters. The molecule has 0 aliphatic heterocycles. The van der Waals surface area contributed by atoms with Gasteiger partial charge in [-0.3, -0.25) is 4.79 Å². The first-order chi connectivity index (χ1) is 11.7. The lowest BCUT2D eigenvalue weighted by Gasteiger charge is -2.14. The van der Waals surface area contributed by atoms with Crippen molar-refractivity contribution in [2.45, 2.75) is 39.2 Å². The van der Waals surface area contributed by atoms with Gasteiger partial charge in [0, 0.05) is 29.8 Å². The zero-order chi connectivity index (χ0) is 16.9. The summed E-state index contributed by atoms with van der Waals surface area (Å²) in [6.07, 6.45) is 4.35. The van der Waals surface area contributed by atoms with Crippen LogP contribution in [-0.2, 0) is 19.4 Å². The van der Waals surface area contributed by atoms with E-state index in [4.69, 9.17) is 9.63 Å². The molecule has 0 bridgehead atoms. The number of amides is 1. The first kappa shape index (κ1) is 16.5. The van der Waals surface area contributed by atoms with Crippen LogP contribution in [0.5, 0.6) is 0 Å². The molecule has 0 saturated heterocycles. The Bertz CT molecular complexity index is 724. The Labute approximate surface area is 141 Å². The highest BCUT2D eigenvalue weighted by molar-refractivity contribution is 5.97. The smallest absolute Gasteiger partial charge is 0.251 e. The van der Waals surface area contributed by atoms with Crippen molar-refractivity contribution in [2.75, 3.05) is 18.5 Å². The molecule has 0 spiro atoms. The fourth-order valence-electron chi connectivity index (χ4n) is 3.10. The van der Waals surface area contributed by atoms with Gasteiger partial charge in [-0.25, -0.2) is 0 Å². The summed E-state index contributed by atoms with van der Waals surface area (Å²) >= 11 is 0. The number of aliphatic hydroxyl groups excluding tert-OH is 1. The fourth-order valence-corrected chi connectivity index (χ4v) is 3.10. The number of anilines is 1. The molecule has 1 heterocycles. The molecule has 1 aliphatic rings. The molecule has 6 nitrogen and oxygen atoms in total. The first-order valence-corrected chi connectivity index (χ1v) is 8.39. The molecular weight excluding hydrogens is 306 g/mol. The first-order valence-electron chi connectivity index (χ1n) is 8.39. The summed E-state index contributed by atoms with van der Waals surface area (Å²) in [6.45, 7) is 2.68. The fraction of sp³-hybridized carbons (Fsp3) is 0.444. The van der Waals surface area contributed by atoms with Crippen molar-refractivity contribution >= 4 is 11.6 Å². The van der Waals surface area contributed by atoms with Crippen LogP contribution in [0.1, 0.15) is 45.8 Å². The average Bonchev–Trinajstić information content (AvgIpc) is 3.02. The van der Waals surface area contributed by atoms with Gasteiger partial charge in [0.15, 0.2) is 0 Å². The van der Waals surface area contributed by atoms with Crippen LogP contribution in [0.25, 0.3) is 0 Å². The number of hydrogen-bond donors (Lipinski definition) is 3. The van der Waals surface area contributed by atoms with Crippen LogP contribution < -0.4 is 10.6 Å². The van der Waals surface area contributed by atoms with Crippen LogP contribution in [0.2, 0.25) is 0 Å². The van der Waals surface area contributed by atoms with E-state index in [0.717, 1.165) is 35.5 Å². The second-order valence-electron chi connectivity index (χ2n) is 6.05. The van der Waals surface area contributed by atoms with Gasteiger partial charge in [-0.1, -0.05) is 11.2 Å². The van der Waals surface area contributed by atoms with Crippen molar-refractivity contribution in [1.82, 2.24) is 10.5 Å². The Hall–Kier alpha value is -2.34. The van der Waals surface area contributed by atoms with E-state index < -0.39 is 0 Å². The highest BCUT2D eigenvalue weighted by Crippen LogP contribution is 2.25. The topological polar surface area (TPSA) is 87.4 Å². The Morgan fingerprint density at radius 2 is 2.17 bits per heavy atom. The summed E-state index contributed by atoms with van der Waals surface area (Å²) in [5, 5.41) is 19.1. The normalized spacial score (nSPS) is 13.4. The van der Waals surface area contributed by atoms with Gasteiger partial charge in [0.2, 0.25) is 0 Å². The molecule has 0 fully saturated rings. The molecule has 128 valence electrons. The summed E-state index contributed by atoms with van der Waals surface area (Å²) in [6, 6.07) is 5.58. The summed E-state index contributed by atoms with van der Waals surface area (Å²) in [4.78, 5) is 12.1. The minimum atomic E-state index is -0.177. The predicted octanol–water partition coefficient (Wildman–Crippen LogP) is 2.20. The van der Waals surface area contributed by atoms with E-state index in [1.165, 1.54) is 18.4 Å². The highest BCUT2D eigenvalue weighted by Gasteiger charge is 2.19. The van der Waals surface area contributed by atoms with E-state index in [2.05, 4.69) is 15.8 Å². The number of carbonyl (C=O) groups excluding carboxylic acids is 1. The molecule has 1 aromatic carbocycles. The van der Waals surface area contributed by atoms with E-state index in [-0.39, 0.29) is 19.1 Å². The van der Waals surface area contributed by atoms with Crippen LogP contribution in [0, 0.1) is 6.92 Å². The third-order valence-corrected chi connectivity index (χ3v) is 4.45. The zero-order valence-electron chi connectivity index (χ0n) is 13.9. The maximum atomic E-state index is 12.1. The Morgan fingerprint density at radius 3 is 3.00 bits per heavy atom. The van der Waals surface area contributed by atoms with E-state index in [1.54, 1.807) is 6.07 Å². The lowest BCUT2D eigenvalue weighted by Crippen LogP contribution is -2.27. The Kier molecular flexibility index (Phi) is 5.15. The minimum absolute atomic E-state index is 0.0694. The van der Waals surface area contributed by atoms with E-state index in [9.17, 15) is 4.79 Å². The predicted molar refractivity (Wildman–Crippen MR) is 91.1 cm³/mol. The van der Waals surface area contributed by atoms with Crippen molar-refractivity contribution in [1.29, 1.82) is 0 Å². The third-order valence-electron chi connectivity index (χ3n) is 4.45. The SMILES string of the molecule is Cc1c(NCc2noc3c2CCCC3)cccc1C(=O)NCCO. The zero-order valence-corrected chi connectivity index (χ0v) is 13.9. The van der Waals surface area contributed by atoms with Gasteiger partial charge in [-0.15, -0.1) is 0 Å². The number of hydrogen-bond acceptors (Lipinski definition) is 5. The number of nitrogens with one attached hydrogen (secondary N) is 2. The van der Waals surface area contributed by atoms with Gasteiger partial charge in [0.05, 0.1) is 13.2 Å². The second kappa shape index (κ2) is 7.49. The molecule has 0 saturated carbocycles. The molecule has 0 radical (unpaired) electrons. The summed E-state index contributed by atoms with van der Waals surface area (Å²) < 4.78 is 5.43. The number of aliphatic hydroxyl groups is 1. The van der Waals surface area contributed by atoms with Crippen molar-refractivity contribution < 1.29 is 14.4 Å².